The topological polar surface area (TPSA) is 82.2 Å². The minimum atomic E-state index is -0.0404. The molecule has 4 N–H and O–H groups in total. The van der Waals surface area contributed by atoms with Crippen molar-refractivity contribution in [1.29, 1.82) is 5.41 Å². The van der Waals surface area contributed by atoms with Crippen LogP contribution >= 0.6 is 11.6 Å². The summed E-state index contributed by atoms with van der Waals surface area (Å²) in [4.78, 5) is 13.4. The summed E-state index contributed by atoms with van der Waals surface area (Å²) in [5.41, 5.74) is 8.22. The summed E-state index contributed by atoms with van der Waals surface area (Å²) >= 11 is 6.07. The highest BCUT2D eigenvalue weighted by atomic mass is 35.5. The minimum absolute atomic E-state index is 0.0404. The molecule has 0 aromatic heterocycles. The maximum atomic E-state index is 11.6. The highest BCUT2D eigenvalue weighted by Gasteiger charge is 2.25. The second-order valence-corrected chi connectivity index (χ2v) is 5.40. The molecule has 1 aliphatic heterocycles. The first-order valence-electron chi connectivity index (χ1n) is 6.63. The molecule has 0 saturated carbocycles. The lowest BCUT2D eigenvalue weighted by Crippen LogP contribution is -2.42. The van der Waals surface area contributed by atoms with Crippen LogP contribution in [0.4, 0.5) is 10.5 Å². The van der Waals surface area contributed by atoms with E-state index in [2.05, 4.69) is 5.32 Å². The number of carbonyl (C=O) groups is 1. The average molecular weight is 295 g/mol. The van der Waals surface area contributed by atoms with Gasteiger partial charge in [-0.25, -0.2) is 4.79 Å². The lowest BCUT2D eigenvalue weighted by molar-refractivity contribution is 0.183. The molecular formula is C14H19ClN4O. The van der Waals surface area contributed by atoms with Gasteiger partial charge in [0.1, 0.15) is 0 Å². The molecule has 108 valence electrons. The molecule has 1 aliphatic rings. The van der Waals surface area contributed by atoms with E-state index >= 15 is 0 Å². The van der Waals surface area contributed by atoms with E-state index in [0.717, 1.165) is 24.0 Å². The third kappa shape index (κ3) is 2.88. The molecule has 0 spiro atoms. The maximum absolute atomic E-state index is 11.6. The molecule has 2 amide bonds. The molecular weight excluding hydrogens is 276 g/mol. The lowest BCUT2D eigenvalue weighted by Gasteiger charge is -2.32. The first-order valence-corrected chi connectivity index (χ1v) is 7.00. The number of piperidine rings is 1. The third-order valence-electron chi connectivity index (χ3n) is 3.79. The number of hydrogen-bond donors (Lipinski definition) is 3. The van der Waals surface area contributed by atoms with Crippen LogP contribution in [0.5, 0.6) is 0 Å². The fraction of sp³-hybridized carbons (Fsp3) is 0.429. The van der Waals surface area contributed by atoms with Gasteiger partial charge in [0.25, 0.3) is 0 Å². The number of benzene rings is 1. The number of anilines is 1. The van der Waals surface area contributed by atoms with Gasteiger partial charge in [-0.2, -0.15) is 0 Å². The van der Waals surface area contributed by atoms with Crippen molar-refractivity contribution < 1.29 is 4.79 Å². The number of halogens is 1. The number of nitrogens with two attached hydrogens (primary N) is 1. The Balaban J connectivity index is 2.18. The number of nitrogens with zero attached hydrogens (tertiary/aromatic N) is 1. The van der Waals surface area contributed by atoms with Gasteiger partial charge in [-0.3, -0.25) is 0 Å². The summed E-state index contributed by atoms with van der Waals surface area (Å²) in [6.45, 7) is 1.41. The Morgan fingerprint density at radius 2 is 2.15 bits per heavy atom. The maximum Gasteiger partial charge on any atom is 0.317 e. The van der Waals surface area contributed by atoms with E-state index in [1.165, 1.54) is 6.21 Å². The summed E-state index contributed by atoms with van der Waals surface area (Å²) in [5.74, 6) is 0.286. The van der Waals surface area contributed by atoms with E-state index < -0.39 is 0 Å². The van der Waals surface area contributed by atoms with Gasteiger partial charge in [-0.05, 0) is 36.5 Å². The number of amides is 2. The third-order valence-corrected chi connectivity index (χ3v) is 4.01. The number of nitrogen functional groups attached to an aromatic ring is 1. The van der Waals surface area contributed by atoms with E-state index in [-0.39, 0.29) is 11.9 Å². The van der Waals surface area contributed by atoms with Crippen LogP contribution in [-0.2, 0) is 0 Å². The molecule has 0 aliphatic carbocycles. The Bertz CT molecular complexity index is 524. The monoisotopic (exact) mass is 294 g/mol. The first kappa shape index (κ1) is 14.7. The molecule has 5 nitrogen and oxygen atoms in total. The van der Waals surface area contributed by atoms with Crippen molar-refractivity contribution in [2.75, 3.05) is 25.9 Å². The predicted octanol–water partition coefficient (Wildman–Crippen LogP) is 2.44. The van der Waals surface area contributed by atoms with E-state index in [1.807, 2.05) is 6.07 Å². The number of likely N-dealkylation sites (tertiary alicyclic amines) is 1. The fourth-order valence-electron chi connectivity index (χ4n) is 2.72. The molecule has 1 aromatic rings. The van der Waals surface area contributed by atoms with Gasteiger partial charge in [0.15, 0.2) is 0 Å². The summed E-state index contributed by atoms with van der Waals surface area (Å²) in [6, 6.07) is 3.52. The highest BCUT2D eigenvalue weighted by Crippen LogP contribution is 2.34. The Hall–Kier alpha value is -1.75. The molecule has 1 saturated heterocycles. The summed E-state index contributed by atoms with van der Waals surface area (Å²) in [5, 5.41) is 10.8. The highest BCUT2D eigenvalue weighted by molar-refractivity contribution is 6.31. The minimum Gasteiger partial charge on any atom is -0.398 e. The molecule has 6 heteroatoms. The van der Waals surface area contributed by atoms with Crippen LogP contribution < -0.4 is 11.1 Å². The Labute approximate surface area is 123 Å². The number of carbonyl (C=O) groups excluding carboxylic acids is 1. The van der Waals surface area contributed by atoms with E-state index in [1.54, 1.807) is 18.0 Å². The number of rotatable bonds is 2. The average Bonchev–Trinajstić information content (AvgIpc) is 2.46. The summed E-state index contributed by atoms with van der Waals surface area (Å²) in [7, 11) is 1.64. The van der Waals surface area contributed by atoms with Gasteiger partial charge < -0.3 is 21.4 Å². The normalized spacial score (nSPS) is 16.0. The van der Waals surface area contributed by atoms with E-state index in [0.29, 0.717) is 23.8 Å². The largest absolute Gasteiger partial charge is 0.398 e. The molecule has 1 heterocycles. The van der Waals surface area contributed by atoms with Crippen LogP contribution in [0.1, 0.15) is 29.9 Å². The number of hydrogen-bond acceptors (Lipinski definition) is 3. The molecule has 0 unspecified atom stereocenters. The standard InChI is InChI=1S/C14H19ClN4O/c1-18-14(20)19-4-2-9(3-5-19)11-6-10(15)7-13(17)12(11)8-16/h6-9,16H,2-5,17H2,1H3,(H,18,20). The molecule has 1 aromatic carbocycles. The molecule has 20 heavy (non-hydrogen) atoms. The van der Waals surface area contributed by atoms with Crippen LogP contribution in [0, 0.1) is 5.41 Å². The van der Waals surface area contributed by atoms with Crippen molar-refractivity contribution in [3.05, 3.63) is 28.3 Å². The van der Waals surface area contributed by atoms with Gasteiger partial charge in [-0.15, -0.1) is 0 Å². The van der Waals surface area contributed by atoms with Crippen LogP contribution in [0.3, 0.4) is 0 Å². The SMILES string of the molecule is CNC(=O)N1CCC(c2cc(Cl)cc(N)c2C=N)CC1. The van der Waals surface area contributed by atoms with Crippen molar-refractivity contribution in [3.63, 3.8) is 0 Å². The van der Waals surface area contributed by atoms with Gasteiger partial charge in [0.05, 0.1) is 0 Å². The van der Waals surface area contributed by atoms with Crippen molar-refractivity contribution in [3.8, 4) is 0 Å². The van der Waals surface area contributed by atoms with E-state index in [4.69, 9.17) is 22.7 Å². The van der Waals surface area contributed by atoms with Crippen LogP contribution in [-0.4, -0.2) is 37.3 Å². The van der Waals surface area contributed by atoms with Gasteiger partial charge in [-0.1, -0.05) is 11.6 Å². The molecule has 2 rings (SSSR count). The zero-order chi connectivity index (χ0) is 14.7. The van der Waals surface area contributed by atoms with E-state index in [9.17, 15) is 4.79 Å². The second kappa shape index (κ2) is 6.13. The number of urea groups is 1. The first-order chi connectivity index (χ1) is 9.56. The zero-order valence-electron chi connectivity index (χ0n) is 11.4. The zero-order valence-corrected chi connectivity index (χ0v) is 12.2. The van der Waals surface area contributed by atoms with Crippen molar-refractivity contribution in [2.45, 2.75) is 18.8 Å². The molecule has 1 fully saturated rings. The fourth-order valence-corrected chi connectivity index (χ4v) is 2.95. The van der Waals surface area contributed by atoms with Gasteiger partial charge >= 0.3 is 6.03 Å². The Morgan fingerprint density at radius 3 is 2.70 bits per heavy atom. The van der Waals surface area contributed by atoms with Gasteiger partial charge in [0, 0.05) is 42.6 Å². The quantitative estimate of drug-likeness (QED) is 0.578. The predicted molar refractivity (Wildman–Crippen MR) is 81.8 cm³/mol. The smallest absolute Gasteiger partial charge is 0.317 e. The van der Waals surface area contributed by atoms with Crippen LogP contribution in [0.2, 0.25) is 5.02 Å². The molecule has 0 bridgehead atoms. The number of nitrogens with one attached hydrogen (secondary N) is 2. The van der Waals surface area contributed by atoms with Crippen LogP contribution in [0.25, 0.3) is 0 Å². The summed E-state index contributed by atoms with van der Waals surface area (Å²) in [6.07, 6.45) is 2.99. The Kier molecular flexibility index (Phi) is 4.49. The van der Waals surface area contributed by atoms with Crippen LogP contribution in [0.15, 0.2) is 12.1 Å². The summed E-state index contributed by atoms with van der Waals surface area (Å²) < 4.78 is 0. The van der Waals surface area contributed by atoms with Crippen molar-refractivity contribution in [2.24, 2.45) is 0 Å². The Morgan fingerprint density at radius 1 is 1.50 bits per heavy atom. The van der Waals surface area contributed by atoms with Crippen molar-refractivity contribution >= 4 is 29.5 Å². The molecule has 0 radical (unpaired) electrons. The molecule has 0 atom stereocenters. The second-order valence-electron chi connectivity index (χ2n) is 4.96. The van der Waals surface area contributed by atoms with Crippen molar-refractivity contribution in [1.82, 2.24) is 10.2 Å². The lowest BCUT2D eigenvalue weighted by atomic mass is 9.86. The van der Waals surface area contributed by atoms with Gasteiger partial charge in [0.2, 0.25) is 0 Å².